The number of benzene rings is 1. The van der Waals surface area contributed by atoms with Crippen LogP contribution in [0, 0.1) is 0 Å². The highest BCUT2D eigenvalue weighted by Gasteiger charge is 2.32. The third-order valence-corrected chi connectivity index (χ3v) is 4.85. The Balaban J connectivity index is 1.81. The lowest BCUT2D eigenvalue weighted by molar-refractivity contribution is -0.137. The summed E-state index contributed by atoms with van der Waals surface area (Å²) in [5.41, 5.74) is -0.694. The molecule has 168 valence electrons. The number of rotatable bonds is 5. The van der Waals surface area contributed by atoms with Gasteiger partial charge in [-0.3, -0.25) is 4.79 Å². The number of aromatic nitrogens is 2. The summed E-state index contributed by atoms with van der Waals surface area (Å²) in [6, 6.07) is 4.36. The topological polar surface area (TPSA) is 85.7 Å². The molecule has 0 aliphatic carbocycles. The van der Waals surface area contributed by atoms with Gasteiger partial charge in [0.1, 0.15) is 0 Å². The van der Waals surface area contributed by atoms with Crippen LogP contribution in [0.3, 0.4) is 0 Å². The lowest BCUT2D eigenvalue weighted by Gasteiger charge is -2.32. The molecule has 1 unspecified atom stereocenters. The largest absolute Gasteiger partial charge is 0.493 e. The van der Waals surface area contributed by atoms with Gasteiger partial charge in [-0.25, -0.2) is 9.48 Å². The van der Waals surface area contributed by atoms with E-state index in [0.29, 0.717) is 19.4 Å². The third-order valence-electron chi connectivity index (χ3n) is 4.85. The van der Waals surface area contributed by atoms with Crippen LogP contribution in [0.15, 0.2) is 30.5 Å². The second kappa shape index (κ2) is 9.27. The monoisotopic (exact) mass is 440 g/mol. The van der Waals surface area contributed by atoms with Crippen LogP contribution in [0.5, 0.6) is 5.75 Å². The number of ether oxygens (including phenoxy) is 2. The molecule has 1 aliphatic rings. The molecular formula is C20H23F3N4O4. The van der Waals surface area contributed by atoms with Gasteiger partial charge in [0.05, 0.1) is 31.2 Å². The van der Waals surface area contributed by atoms with Crippen molar-refractivity contribution in [3.63, 3.8) is 0 Å². The van der Waals surface area contributed by atoms with Gasteiger partial charge in [0.15, 0.2) is 11.4 Å². The van der Waals surface area contributed by atoms with E-state index >= 15 is 0 Å². The van der Waals surface area contributed by atoms with E-state index in [0.717, 1.165) is 12.1 Å². The summed E-state index contributed by atoms with van der Waals surface area (Å²) in [6.45, 7) is 2.66. The number of amides is 2. The Kier molecular flexibility index (Phi) is 6.71. The number of hydrogen-bond acceptors (Lipinski definition) is 5. The zero-order valence-corrected chi connectivity index (χ0v) is 17.1. The number of alkyl carbamates (subject to hydrolysis) is 1. The molecule has 1 atom stereocenters. The van der Waals surface area contributed by atoms with Crippen molar-refractivity contribution in [3.05, 3.63) is 41.7 Å². The Labute approximate surface area is 176 Å². The fourth-order valence-corrected chi connectivity index (χ4v) is 3.38. The van der Waals surface area contributed by atoms with Gasteiger partial charge in [-0.15, -0.1) is 0 Å². The first-order valence-corrected chi connectivity index (χ1v) is 9.76. The van der Waals surface area contributed by atoms with Gasteiger partial charge in [0.25, 0.3) is 5.91 Å². The van der Waals surface area contributed by atoms with Crippen molar-refractivity contribution < 1.29 is 32.2 Å². The number of carbonyl (C=O) groups excluding carboxylic acids is 2. The lowest BCUT2D eigenvalue weighted by atomic mass is 10.1. The van der Waals surface area contributed by atoms with Crippen molar-refractivity contribution in [2.75, 3.05) is 26.8 Å². The summed E-state index contributed by atoms with van der Waals surface area (Å²) >= 11 is 0. The summed E-state index contributed by atoms with van der Waals surface area (Å²) in [4.78, 5) is 26.2. The van der Waals surface area contributed by atoms with E-state index in [-0.39, 0.29) is 36.3 Å². The lowest BCUT2D eigenvalue weighted by Crippen LogP contribution is -2.49. The van der Waals surface area contributed by atoms with Crippen LogP contribution in [0.1, 0.15) is 35.8 Å². The summed E-state index contributed by atoms with van der Waals surface area (Å²) in [5, 5.41) is 6.90. The van der Waals surface area contributed by atoms with Crippen LogP contribution in [0.25, 0.3) is 5.69 Å². The highest BCUT2D eigenvalue weighted by Crippen LogP contribution is 2.31. The average Bonchev–Trinajstić information content (AvgIpc) is 3.17. The summed E-state index contributed by atoms with van der Waals surface area (Å²) in [7, 11) is 1.35. The Morgan fingerprint density at radius 1 is 1.32 bits per heavy atom. The fraction of sp³-hybridized carbons (Fsp3) is 0.450. The predicted octanol–water partition coefficient (Wildman–Crippen LogP) is 3.25. The Bertz CT molecular complexity index is 945. The van der Waals surface area contributed by atoms with E-state index in [1.807, 2.05) is 0 Å². The number of likely N-dealkylation sites (tertiary alicyclic amines) is 1. The minimum absolute atomic E-state index is 0.0169. The van der Waals surface area contributed by atoms with E-state index < -0.39 is 23.7 Å². The molecule has 11 heteroatoms. The predicted molar refractivity (Wildman–Crippen MR) is 104 cm³/mol. The van der Waals surface area contributed by atoms with E-state index in [2.05, 4.69) is 10.4 Å². The minimum Gasteiger partial charge on any atom is -0.493 e. The van der Waals surface area contributed by atoms with Crippen LogP contribution >= 0.6 is 0 Å². The average molecular weight is 440 g/mol. The Morgan fingerprint density at radius 3 is 2.77 bits per heavy atom. The van der Waals surface area contributed by atoms with E-state index in [1.54, 1.807) is 6.92 Å². The number of halogens is 3. The van der Waals surface area contributed by atoms with Crippen LogP contribution in [0.2, 0.25) is 0 Å². The molecule has 1 aromatic carbocycles. The Hall–Kier alpha value is -3.24. The summed E-state index contributed by atoms with van der Waals surface area (Å²) in [5.74, 6) is -0.291. The molecular weight excluding hydrogens is 417 g/mol. The highest BCUT2D eigenvalue weighted by molar-refractivity contribution is 5.95. The van der Waals surface area contributed by atoms with Crippen LogP contribution in [-0.4, -0.2) is 59.5 Å². The molecule has 2 heterocycles. The first-order valence-electron chi connectivity index (χ1n) is 9.76. The summed E-state index contributed by atoms with van der Waals surface area (Å²) in [6.07, 6.45) is -2.33. The molecule has 2 aromatic rings. The molecule has 0 radical (unpaired) electrons. The molecule has 1 aromatic heterocycles. The van der Waals surface area contributed by atoms with Gasteiger partial charge >= 0.3 is 12.3 Å². The standard InChI is InChI=1S/C20H23F3N4O4/c1-3-31-19(29)24-14-7-5-9-26(11-14)18(28)17-16(30-2)12-27(25-17)15-8-4-6-13(10-15)20(21,22)23/h4,6,8,10,12,14H,3,5,7,9,11H2,1-2H3,(H,24,29). The van der Waals surface area contributed by atoms with Crippen LogP contribution in [0.4, 0.5) is 18.0 Å². The van der Waals surface area contributed by atoms with Crippen molar-refractivity contribution >= 4 is 12.0 Å². The molecule has 3 rings (SSSR count). The minimum atomic E-state index is -4.50. The van der Waals surface area contributed by atoms with Gasteiger partial charge in [0, 0.05) is 19.1 Å². The van der Waals surface area contributed by atoms with E-state index in [1.165, 1.54) is 35.0 Å². The van der Waals surface area contributed by atoms with Crippen LogP contribution < -0.4 is 10.1 Å². The van der Waals surface area contributed by atoms with Crippen molar-refractivity contribution in [1.82, 2.24) is 20.0 Å². The van der Waals surface area contributed by atoms with Gasteiger partial charge < -0.3 is 19.7 Å². The van der Waals surface area contributed by atoms with Crippen molar-refractivity contribution in [3.8, 4) is 11.4 Å². The molecule has 0 bridgehead atoms. The van der Waals surface area contributed by atoms with Gasteiger partial charge in [-0.2, -0.15) is 18.3 Å². The maximum atomic E-state index is 13.1. The molecule has 2 amide bonds. The number of nitrogens with one attached hydrogen (secondary N) is 1. The first kappa shape index (κ1) is 22.4. The zero-order valence-electron chi connectivity index (χ0n) is 17.1. The molecule has 31 heavy (non-hydrogen) atoms. The van der Waals surface area contributed by atoms with Gasteiger partial charge in [-0.1, -0.05) is 6.07 Å². The number of methoxy groups -OCH3 is 1. The maximum Gasteiger partial charge on any atom is 0.416 e. The highest BCUT2D eigenvalue weighted by atomic mass is 19.4. The first-order chi connectivity index (χ1) is 14.7. The van der Waals surface area contributed by atoms with Gasteiger partial charge in [-0.05, 0) is 38.0 Å². The SMILES string of the molecule is CCOC(=O)NC1CCCN(C(=O)c2nn(-c3cccc(C(F)(F)F)c3)cc2OC)C1. The van der Waals surface area contributed by atoms with Gasteiger partial charge in [0.2, 0.25) is 0 Å². The quantitative estimate of drug-likeness (QED) is 0.772. The van der Waals surface area contributed by atoms with Crippen molar-refractivity contribution in [2.45, 2.75) is 32.0 Å². The molecule has 1 saturated heterocycles. The normalized spacial score (nSPS) is 16.7. The maximum absolute atomic E-state index is 13.1. The van der Waals surface area contributed by atoms with Crippen molar-refractivity contribution in [2.24, 2.45) is 0 Å². The Morgan fingerprint density at radius 2 is 2.10 bits per heavy atom. The number of piperidine rings is 1. The molecule has 1 aliphatic heterocycles. The van der Waals surface area contributed by atoms with Crippen LogP contribution in [-0.2, 0) is 10.9 Å². The molecule has 1 N–H and O–H groups in total. The molecule has 8 nitrogen and oxygen atoms in total. The summed E-state index contributed by atoms with van der Waals surface area (Å²) < 4.78 is 50.4. The zero-order chi connectivity index (χ0) is 22.6. The fourth-order valence-electron chi connectivity index (χ4n) is 3.38. The molecule has 0 spiro atoms. The number of nitrogens with zero attached hydrogens (tertiary/aromatic N) is 3. The second-order valence-corrected chi connectivity index (χ2v) is 6.99. The number of carbonyl (C=O) groups is 2. The third kappa shape index (κ3) is 5.28. The van der Waals surface area contributed by atoms with E-state index in [9.17, 15) is 22.8 Å². The molecule has 0 saturated carbocycles. The van der Waals surface area contributed by atoms with Crippen molar-refractivity contribution in [1.29, 1.82) is 0 Å². The van der Waals surface area contributed by atoms with E-state index in [4.69, 9.17) is 9.47 Å². The molecule has 1 fully saturated rings. The number of hydrogen-bond donors (Lipinski definition) is 1. The smallest absolute Gasteiger partial charge is 0.416 e. The number of alkyl halides is 3. The second-order valence-electron chi connectivity index (χ2n) is 6.99.